The quantitative estimate of drug-likeness (QED) is 0.165. The van der Waals surface area contributed by atoms with Gasteiger partial charge in [0.05, 0.1) is 0 Å². The summed E-state index contributed by atoms with van der Waals surface area (Å²) in [6, 6.07) is 48.7. The zero-order valence-electron chi connectivity index (χ0n) is 30.3. The molecule has 262 valence electrons. The first-order valence-electron chi connectivity index (χ1n) is 19.0. The molecular formula is C51H37N3O. The second-order valence-corrected chi connectivity index (χ2v) is 14.2. The van der Waals surface area contributed by atoms with E-state index in [0.717, 1.165) is 74.6 Å². The van der Waals surface area contributed by atoms with E-state index in [1.807, 2.05) is 24.3 Å². The number of allylic oxidation sites excluding steroid dienone is 8. The third-order valence-electron chi connectivity index (χ3n) is 10.7. The maximum absolute atomic E-state index is 6.45. The summed E-state index contributed by atoms with van der Waals surface area (Å²) < 4.78 is 6.45. The second-order valence-electron chi connectivity index (χ2n) is 14.2. The van der Waals surface area contributed by atoms with Gasteiger partial charge in [0, 0.05) is 33.4 Å². The lowest BCUT2D eigenvalue weighted by Crippen LogP contribution is -2.04. The van der Waals surface area contributed by atoms with E-state index in [9.17, 15) is 0 Å². The molecule has 2 heterocycles. The number of benzene rings is 6. The average molecular weight is 708 g/mol. The van der Waals surface area contributed by atoms with Crippen LogP contribution in [-0.2, 0) is 0 Å². The first kappa shape index (κ1) is 32.7. The van der Waals surface area contributed by atoms with Gasteiger partial charge in [-0.1, -0.05) is 158 Å². The predicted molar refractivity (Wildman–Crippen MR) is 226 cm³/mol. The Balaban J connectivity index is 1.16. The molecule has 1 atom stereocenters. The van der Waals surface area contributed by atoms with Crippen LogP contribution in [-0.4, -0.2) is 15.0 Å². The number of fused-ring (bicyclic) bond motifs is 3. The van der Waals surface area contributed by atoms with Crippen LogP contribution in [0, 0.1) is 0 Å². The van der Waals surface area contributed by atoms with Crippen molar-refractivity contribution in [2.24, 2.45) is 0 Å². The van der Waals surface area contributed by atoms with Crippen LogP contribution in [0.15, 0.2) is 186 Å². The summed E-state index contributed by atoms with van der Waals surface area (Å²) in [6.45, 7) is 0. The number of hydrogen-bond donors (Lipinski definition) is 0. The standard InChI is InChI=1S/C51H37N3O/c1-5-14-34(15-6-1)36-24-26-39(27-25-36)49-52-50(41-28-30-42(37-18-9-3-10-19-37)44(33-41)38-20-11-4-12-21-38)54-51(53-49)43-22-13-23-47-48(43)45-32-40(29-31-46(45)55-47)35-16-7-2-8-17-35/h1-2,4-9,11-20,22-33,38H,3,10,21H2. The third-order valence-corrected chi connectivity index (χ3v) is 10.7. The predicted octanol–water partition coefficient (Wildman–Crippen LogP) is 13.4. The summed E-state index contributed by atoms with van der Waals surface area (Å²) in [6.07, 6.45) is 18.8. The smallest absolute Gasteiger partial charge is 0.164 e. The third kappa shape index (κ3) is 6.32. The molecule has 4 heteroatoms. The van der Waals surface area contributed by atoms with Crippen molar-refractivity contribution in [2.75, 3.05) is 0 Å². The van der Waals surface area contributed by atoms with E-state index < -0.39 is 0 Å². The number of furan rings is 1. The average Bonchev–Trinajstić information content (AvgIpc) is 3.66. The van der Waals surface area contributed by atoms with Gasteiger partial charge >= 0.3 is 0 Å². The van der Waals surface area contributed by atoms with Crippen molar-refractivity contribution in [3.05, 3.63) is 193 Å². The molecule has 2 aliphatic carbocycles. The molecule has 2 aromatic heterocycles. The van der Waals surface area contributed by atoms with E-state index in [2.05, 4.69) is 158 Å². The molecule has 8 aromatic rings. The Morgan fingerprint density at radius 1 is 0.491 bits per heavy atom. The van der Waals surface area contributed by atoms with Gasteiger partial charge < -0.3 is 4.42 Å². The molecule has 0 saturated carbocycles. The number of nitrogens with zero attached hydrogens (tertiary/aromatic N) is 3. The van der Waals surface area contributed by atoms with Crippen LogP contribution in [0.5, 0.6) is 0 Å². The van der Waals surface area contributed by atoms with Gasteiger partial charge in [-0.15, -0.1) is 0 Å². The summed E-state index contributed by atoms with van der Waals surface area (Å²) in [7, 11) is 0. The zero-order valence-corrected chi connectivity index (χ0v) is 30.3. The molecule has 1 unspecified atom stereocenters. The Bertz CT molecular complexity index is 2830. The fraction of sp³-hybridized carbons (Fsp3) is 0.0784. The molecule has 0 N–H and O–H groups in total. The lowest BCUT2D eigenvalue weighted by molar-refractivity contribution is 0.669. The monoisotopic (exact) mass is 707 g/mol. The summed E-state index contributed by atoms with van der Waals surface area (Å²) in [5, 5.41) is 2.02. The molecule has 0 saturated heterocycles. The highest BCUT2D eigenvalue weighted by Crippen LogP contribution is 2.40. The summed E-state index contributed by atoms with van der Waals surface area (Å²) in [5.74, 6) is 2.12. The van der Waals surface area contributed by atoms with Crippen LogP contribution >= 0.6 is 0 Å². The maximum Gasteiger partial charge on any atom is 0.164 e. The van der Waals surface area contributed by atoms with Crippen molar-refractivity contribution >= 4 is 27.5 Å². The first-order chi connectivity index (χ1) is 27.2. The second kappa shape index (κ2) is 14.1. The van der Waals surface area contributed by atoms with Crippen molar-refractivity contribution in [3.8, 4) is 56.4 Å². The van der Waals surface area contributed by atoms with Crippen LogP contribution < -0.4 is 0 Å². The Hall–Kier alpha value is -6.91. The van der Waals surface area contributed by atoms with Gasteiger partial charge in [0.15, 0.2) is 17.5 Å². The van der Waals surface area contributed by atoms with Crippen molar-refractivity contribution in [2.45, 2.75) is 25.2 Å². The van der Waals surface area contributed by atoms with Crippen molar-refractivity contribution in [3.63, 3.8) is 0 Å². The SMILES string of the molecule is C1=CCC(c2cc(-c3nc(-c4ccc(-c5ccccc5)cc4)nc(-c4cccc5oc6ccc(-c7ccccc7)cc6c45)n3)ccc2C2=CCCC=C2)C=C1. The largest absolute Gasteiger partial charge is 0.456 e. The van der Waals surface area contributed by atoms with Gasteiger partial charge in [-0.2, -0.15) is 0 Å². The fourth-order valence-electron chi connectivity index (χ4n) is 7.92. The zero-order chi connectivity index (χ0) is 36.6. The molecule has 0 bridgehead atoms. The van der Waals surface area contributed by atoms with Gasteiger partial charge in [0.25, 0.3) is 0 Å². The Labute approximate surface area is 320 Å². The minimum Gasteiger partial charge on any atom is -0.456 e. The molecule has 0 aliphatic heterocycles. The minimum absolute atomic E-state index is 0.257. The van der Waals surface area contributed by atoms with Gasteiger partial charge in [0.2, 0.25) is 0 Å². The Morgan fingerprint density at radius 3 is 1.93 bits per heavy atom. The highest BCUT2D eigenvalue weighted by Gasteiger charge is 2.21. The molecule has 0 fully saturated rings. The summed E-state index contributed by atoms with van der Waals surface area (Å²) in [4.78, 5) is 15.7. The molecule has 2 aliphatic rings. The van der Waals surface area contributed by atoms with Gasteiger partial charge in [-0.05, 0) is 82.5 Å². The van der Waals surface area contributed by atoms with E-state index in [1.54, 1.807) is 0 Å². The molecule has 55 heavy (non-hydrogen) atoms. The van der Waals surface area contributed by atoms with Gasteiger partial charge in [0.1, 0.15) is 11.2 Å². The van der Waals surface area contributed by atoms with Crippen LogP contribution in [0.3, 0.4) is 0 Å². The van der Waals surface area contributed by atoms with E-state index in [0.29, 0.717) is 17.5 Å². The highest BCUT2D eigenvalue weighted by molar-refractivity contribution is 6.12. The molecule has 0 spiro atoms. The normalized spacial score (nSPS) is 15.1. The van der Waals surface area contributed by atoms with E-state index in [-0.39, 0.29) is 5.92 Å². The molecule has 6 aromatic carbocycles. The first-order valence-corrected chi connectivity index (χ1v) is 19.0. The van der Waals surface area contributed by atoms with Crippen LogP contribution in [0.2, 0.25) is 0 Å². The minimum atomic E-state index is 0.257. The van der Waals surface area contributed by atoms with E-state index in [4.69, 9.17) is 19.4 Å². The molecule has 10 rings (SSSR count). The number of hydrogen-bond acceptors (Lipinski definition) is 4. The molecule has 0 radical (unpaired) electrons. The molecule has 4 nitrogen and oxygen atoms in total. The van der Waals surface area contributed by atoms with Crippen LogP contribution in [0.4, 0.5) is 0 Å². The van der Waals surface area contributed by atoms with Crippen molar-refractivity contribution < 1.29 is 4.42 Å². The summed E-state index contributed by atoms with van der Waals surface area (Å²) in [5.41, 5.74) is 12.8. The Kier molecular flexibility index (Phi) is 8.42. The lowest BCUT2D eigenvalue weighted by atomic mass is 9.84. The van der Waals surface area contributed by atoms with Crippen molar-refractivity contribution in [1.29, 1.82) is 0 Å². The Morgan fingerprint density at radius 2 is 1.18 bits per heavy atom. The lowest BCUT2D eigenvalue weighted by Gasteiger charge is -2.21. The summed E-state index contributed by atoms with van der Waals surface area (Å²) >= 11 is 0. The van der Waals surface area contributed by atoms with E-state index in [1.165, 1.54) is 22.3 Å². The van der Waals surface area contributed by atoms with E-state index >= 15 is 0 Å². The molecule has 0 amide bonds. The topological polar surface area (TPSA) is 51.8 Å². The maximum atomic E-state index is 6.45. The fourth-order valence-corrected chi connectivity index (χ4v) is 7.92. The van der Waals surface area contributed by atoms with Crippen LogP contribution in [0.1, 0.15) is 36.3 Å². The van der Waals surface area contributed by atoms with Crippen molar-refractivity contribution in [1.82, 2.24) is 15.0 Å². The van der Waals surface area contributed by atoms with Gasteiger partial charge in [-0.3, -0.25) is 0 Å². The highest BCUT2D eigenvalue weighted by atomic mass is 16.3. The number of rotatable bonds is 7. The molecular weight excluding hydrogens is 671 g/mol. The number of aromatic nitrogens is 3. The van der Waals surface area contributed by atoms with Crippen LogP contribution in [0.25, 0.3) is 83.9 Å². The van der Waals surface area contributed by atoms with Gasteiger partial charge in [-0.25, -0.2) is 15.0 Å².